The molecular formula is C17H30N4. The highest BCUT2D eigenvalue weighted by atomic mass is 15.3. The first-order valence-corrected chi connectivity index (χ1v) is 8.07. The van der Waals surface area contributed by atoms with E-state index in [0.717, 1.165) is 39.1 Å². The van der Waals surface area contributed by atoms with E-state index in [-0.39, 0.29) is 6.04 Å². The Kier molecular flexibility index (Phi) is 6.03. The number of rotatable bonds is 6. The summed E-state index contributed by atoms with van der Waals surface area (Å²) in [5.41, 5.74) is 8.64. The van der Waals surface area contributed by atoms with E-state index < -0.39 is 0 Å². The molecule has 118 valence electrons. The SMILES string of the molecule is CC[C@@H](N)c1ccc(N2CCN(CCN(C)C)CC2)cc1. The highest BCUT2D eigenvalue weighted by Crippen LogP contribution is 2.20. The molecule has 0 saturated carbocycles. The fraction of sp³-hybridized carbons (Fsp3) is 0.647. The van der Waals surface area contributed by atoms with Gasteiger partial charge in [-0.15, -0.1) is 0 Å². The molecule has 0 aromatic heterocycles. The maximum Gasteiger partial charge on any atom is 0.0367 e. The summed E-state index contributed by atoms with van der Waals surface area (Å²) >= 11 is 0. The number of benzene rings is 1. The van der Waals surface area contributed by atoms with Gasteiger partial charge in [0.2, 0.25) is 0 Å². The normalized spacial score (nSPS) is 18.2. The first kappa shape index (κ1) is 16.3. The van der Waals surface area contributed by atoms with Crippen molar-refractivity contribution in [2.45, 2.75) is 19.4 Å². The van der Waals surface area contributed by atoms with Gasteiger partial charge in [0.25, 0.3) is 0 Å². The highest BCUT2D eigenvalue weighted by Gasteiger charge is 2.17. The third-order valence-electron chi connectivity index (χ3n) is 4.36. The predicted octanol–water partition coefficient (Wildman–Crippen LogP) is 1.78. The smallest absolute Gasteiger partial charge is 0.0367 e. The molecule has 2 rings (SSSR count). The van der Waals surface area contributed by atoms with Crippen molar-refractivity contribution in [3.05, 3.63) is 29.8 Å². The van der Waals surface area contributed by atoms with Crippen molar-refractivity contribution in [2.75, 3.05) is 58.3 Å². The second kappa shape index (κ2) is 7.78. The van der Waals surface area contributed by atoms with Crippen LogP contribution >= 0.6 is 0 Å². The molecule has 0 amide bonds. The molecule has 4 nitrogen and oxygen atoms in total. The van der Waals surface area contributed by atoms with E-state index in [9.17, 15) is 0 Å². The maximum atomic E-state index is 6.07. The molecule has 1 aliphatic rings. The minimum atomic E-state index is 0.168. The molecule has 2 N–H and O–H groups in total. The summed E-state index contributed by atoms with van der Waals surface area (Å²) < 4.78 is 0. The molecule has 0 aliphatic carbocycles. The summed E-state index contributed by atoms with van der Waals surface area (Å²) in [6.07, 6.45) is 0.990. The zero-order valence-electron chi connectivity index (χ0n) is 13.8. The molecule has 0 bridgehead atoms. The molecule has 1 aliphatic heterocycles. The second-order valence-corrected chi connectivity index (χ2v) is 6.24. The Morgan fingerprint density at radius 2 is 1.71 bits per heavy atom. The molecule has 1 fully saturated rings. The van der Waals surface area contributed by atoms with E-state index in [0.29, 0.717) is 0 Å². The third-order valence-corrected chi connectivity index (χ3v) is 4.36. The van der Waals surface area contributed by atoms with E-state index in [1.54, 1.807) is 0 Å². The lowest BCUT2D eigenvalue weighted by molar-refractivity contribution is 0.229. The van der Waals surface area contributed by atoms with E-state index >= 15 is 0 Å². The molecule has 1 aromatic carbocycles. The van der Waals surface area contributed by atoms with Gasteiger partial charge in [0.05, 0.1) is 0 Å². The summed E-state index contributed by atoms with van der Waals surface area (Å²) in [5.74, 6) is 0. The average molecular weight is 290 g/mol. The van der Waals surface area contributed by atoms with Crippen LogP contribution in [0.25, 0.3) is 0 Å². The standard InChI is InChI=1S/C17H30N4/c1-4-17(18)15-5-7-16(8-6-15)21-13-11-20(12-14-21)10-9-19(2)3/h5-8,17H,4,9-14,18H2,1-3H3/t17-/m1/s1. The Bertz CT molecular complexity index is 407. The van der Waals surface area contributed by atoms with Crippen LogP contribution < -0.4 is 10.6 Å². The molecule has 1 atom stereocenters. The minimum absolute atomic E-state index is 0.168. The van der Waals surface area contributed by atoms with Gasteiger partial charge in [0, 0.05) is 51.0 Å². The van der Waals surface area contributed by atoms with Gasteiger partial charge in [0.15, 0.2) is 0 Å². The van der Waals surface area contributed by atoms with Gasteiger partial charge in [0.1, 0.15) is 0 Å². The predicted molar refractivity (Wildman–Crippen MR) is 90.9 cm³/mol. The lowest BCUT2D eigenvalue weighted by atomic mass is 10.0. The van der Waals surface area contributed by atoms with E-state index in [1.807, 2.05) is 0 Å². The number of likely N-dealkylation sites (N-methyl/N-ethyl adjacent to an activating group) is 1. The van der Waals surface area contributed by atoms with Crippen molar-refractivity contribution in [3.63, 3.8) is 0 Å². The van der Waals surface area contributed by atoms with Gasteiger partial charge in [-0.2, -0.15) is 0 Å². The number of nitrogens with zero attached hydrogens (tertiary/aromatic N) is 3. The van der Waals surface area contributed by atoms with E-state index in [1.165, 1.54) is 17.8 Å². The van der Waals surface area contributed by atoms with Crippen LogP contribution in [0.5, 0.6) is 0 Å². The number of hydrogen-bond donors (Lipinski definition) is 1. The lowest BCUT2D eigenvalue weighted by Gasteiger charge is -2.36. The Balaban J connectivity index is 1.84. The summed E-state index contributed by atoms with van der Waals surface area (Å²) in [6, 6.07) is 8.98. The van der Waals surface area contributed by atoms with Crippen molar-refractivity contribution < 1.29 is 0 Å². The number of nitrogens with two attached hydrogens (primary N) is 1. The van der Waals surface area contributed by atoms with Gasteiger partial charge in [-0.3, -0.25) is 4.90 Å². The van der Waals surface area contributed by atoms with Crippen LogP contribution in [0.2, 0.25) is 0 Å². The molecule has 1 aromatic rings. The maximum absolute atomic E-state index is 6.07. The molecule has 0 spiro atoms. The molecule has 0 radical (unpaired) electrons. The Hall–Kier alpha value is -1.10. The van der Waals surface area contributed by atoms with Crippen molar-refractivity contribution >= 4 is 5.69 Å². The van der Waals surface area contributed by atoms with Gasteiger partial charge in [-0.1, -0.05) is 19.1 Å². The van der Waals surface area contributed by atoms with Crippen LogP contribution in [-0.4, -0.2) is 63.2 Å². The van der Waals surface area contributed by atoms with Gasteiger partial charge >= 0.3 is 0 Å². The van der Waals surface area contributed by atoms with Gasteiger partial charge < -0.3 is 15.5 Å². The second-order valence-electron chi connectivity index (χ2n) is 6.24. The molecular weight excluding hydrogens is 260 g/mol. The van der Waals surface area contributed by atoms with E-state index in [2.05, 4.69) is 60.0 Å². The molecule has 0 unspecified atom stereocenters. The van der Waals surface area contributed by atoms with Crippen molar-refractivity contribution in [1.29, 1.82) is 0 Å². The quantitative estimate of drug-likeness (QED) is 0.866. The Morgan fingerprint density at radius 3 is 2.24 bits per heavy atom. The zero-order valence-corrected chi connectivity index (χ0v) is 13.8. The molecule has 1 heterocycles. The van der Waals surface area contributed by atoms with E-state index in [4.69, 9.17) is 5.73 Å². The lowest BCUT2D eigenvalue weighted by Crippen LogP contribution is -2.48. The number of hydrogen-bond acceptors (Lipinski definition) is 4. The summed E-state index contributed by atoms with van der Waals surface area (Å²) in [4.78, 5) is 7.29. The van der Waals surface area contributed by atoms with Crippen LogP contribution in [0.1, 0.15) is 24.9 Å². The zero-order chi connectivity index (χ0) is 15.2. The van der Waals surface area contributed by atoms with Crippen LogP contribution in [0.3, 0.4) is 0 Å². The average Bonchev–Trinajstić information content (AvgIpc) is 2.53. The fourth-order valence-corrected chi connectivity index (χ4v) is 2.74. The van der Waals surface area contributed by atoms with Crippen LogP contribution in [-0.2, 0) is 0 Å². The van der Waals surface area contributed by atoms with Crippen molar-refractivity contribution in [3.8, 4) is 0 Å². The van der Waals surface area contributed by atoms with Crippen LogP contribution in [0.15, 0.2) is 24.3 Å². The monoisotopic (exact) mass is 290 g/mol. The topological polar surface area (TPSA) is 35.7 Å². The first-order valence-electron chi connectivity index (χ1n) is 8.07. The molecule has 21 heavy (non-hydrogen) atoms. The summed E-state index contributed by atoms with van der Waals surface area (Å²) in [5, 5.41) is 0. The fourth-order valence-electron chi connectivity index (χ4n) is 2.74. The van der Waals surface area contributed by atoms with Crippen LogP contribution in [0, 0.1) is 0 Å². The van der Waals surface area contributed by atoms with Gasteiger partial charge in [-0.05, 0) is 38.2 Å². The number of anilines is 1. The van der Waals surface area contributed by atoms with Gasteiger partial charge in [-0.25, -0.2) is 0 Å². The van der Waals surface area contributed by atoms with Crippen molar-refractivity contribution in [1.82, 2.24) is 9.80 Å². The first-order chi connectivity index (χ1) is 10.1. The van der Waals surface area contributed by atoms with Crippen molar-refractivity contribution in [2.24, 2.45) is 5.73 Å². The number of piperazine rings is 1. The Labute approximate surface area is 129 Å². The summed E-state index contributed by atoms with van der Waals surface area (Å²) in [7, 11) is 4.28. The molecule has 4 heteroatoms. The minimum Gasteiger partial charge on any atom is -0.369 e. The third kappa shape index (κ3) is 4.70. The molecule has 1 saturated heterocycles. The summed E-state index contributed by atoms with van der Waals surface area (Å²) in [6.45, 7) is 8.99. The largest absolute Gasteiger partial charge is 0.369 e. The van der Waals surface area contributed by atoms with Crippen LogP contribution in [0.4, 0.5) is 5.69 Å². The Morgan fingerprint density at radius 1 is 1.10 bits per heavy atom. The highest BCUT2D eigenvalue weighted by molar-refractivity contribution is 5.48.